The van der Waals surface area contributed by atoms with Crippen LogP contribution in [0.4, 0.5) is 4.79 Å². The number of Topliss-reactive ketones (excluding diaryl/α,β-unsaturated/α-hetero) is 2. The molecule has 0 aliphatic heterocycles. The van der Waals surface area contributed by atoms with Crippen LogP contribution in [0.2, 0.25) is 0 Å². The van der Waals surface area contributed by atoms with Crippen molar-refractivity contribution >= 4 is 41.3 Å². The van der Waals surface area contributed by atoms with E-state index in [4.69, 9.17) is 4.74 Å². The Hall–Kier alpha value is -5.15. The molecule has 15 nitrogen and oxygen atoms in total. The fourth-order valence-corrected chi connectivity index (χ4v) is 6.42. The van der Waals surface area contributed by atoms with Gasteiger partial charge in [0.1, 0.15) is 11.7 Å². The number of alkyl carbamates (subject to hydrolysis) is 1. The molecule has 0 saturated carbocycles. The van der Waals surface area contributed by atoms with Gasteiger partial charge >= 0.3 is 6.09 Å². The van der Waals surface area contributed by atoms with Crippen molar-refractivity contribution in [3.63, 3.8) is 0 Å². The molecule has 0 aliphatic rings. The van der Waals surface area contributed by atoms with Crippen molar-refractivity contribution < 1.29 is 48.5 Å². The molecule has 340 valence electrons. The molecular weight excluding hydrogens is 783 g/mol. The summed E-state index contributed by atoms with van der Waals surface area (Å²) in [5.41, 5.74) is 0.742. The number of amides is 5. The van der Waals surface area contributed by atoms with E-state index in [9.17, 15) is 43.8 Å². The van der Waals surface area contributed by atoms with E-state index in [0.717, 1.165) is 12.0 Å². The number of hydrogen-bond acceptors (Lipinski definition) is 10. The van der Waals surface area contributed by atoms with Crippen LogP contribution in [0, 0.1) is 17.8 Å². The number of nitrogens with one attached hydrogen (secondary N) is 3. The molecule has 0 fully saturated rings. The van der Waals surface area contributed by atoms with Gasteiger partial charge in [0.2, 0.25) is 17.7 Å². The molecule has 5 N–H and O–H groups in total. The van der Waals surface area contributed by atoms with Crippen LogP contribution in [0.5, 0.6) is 0 Å². The number of hydrogen-bond donors (Lipinski definition) is 5. The highest BCUT2D eigenvalue weighted by atomic mass is 16.6. The average Bonchev–Trinajstić information content (AvgIpc) is 3.18. The lowest BCUT2D eigenvalue weighted by Crippen LogP contribution is -2.52. The zero-order valence-electron chi connectivity index (χ0n) is 38.2. The smallest absolute Gasteiger partial charge is 0.407 e. The predicted octanol–water partition coefficient (Wildman–Crippen LogP) is 4.21. The zero-order valence-corrected chi connectivity index (χ0v) is 38.2. The predicted molar refractivity (Wildman–Crippen MR) is 234 cm³/mol. The second-order valence-electron chi connectivity index (χ2n) is 17.7. The van der Waals surface area contributed by atoms with Crippen LogP contribution >= 0.6 is 0 Å². The summed E-state index contributed by atoms with van der Waals surface area (Å²) < 4.78 is 5.22. The highest BCUT2D eigenvalue weighted by Gasteiger charge is 2.32. The molecule has 2 aromatic rings. The first-order valence-corrected chi connectivity index (χ1v) is 20.8. The van der Waals surface area contributed by atoms with E-state index in [1.165, 1.54) is 9.80 Å². The molecule has 0 heterocycles. The number of carbonyl (C=O) groups excluding carboxylic acids is 7. The summed E-state index contributed by atoms with van der Waals surface area (Å²) in [4.78, 5) is 89.7. The van der Waals surface area contributed by atoms with Crippen molar-refractivity contribution in [2.24, 2.45) is 17.8 Å². The summed E-state index contributed by atoms with van der Waals surface area (Å²) in [5.74, 6) is -3.33. The third kappa shape index (κ3) is 20.8. The summed E-state index contributed by atoms with van der Waals surface area (Å²) in [7, 11) is 6.54. The van der Waals surface area contributed by atoms with Crippen LogP contribution in [-0.2, 0) is 33.5 Å². The minimum absolute atomic E-state index is 0.00104. The normalized spacial score (nSPS) is 14.2. The van der Waals surface area contributed by atoms with E-state index in [0.29, 0.717) is 17.9 Å². The van der Waals surface area contributed by atoms with Crippen LogP contribution < -0.4 is 16.0 Å². The number of likely N-dealkylation sites (N-methyl/N-ethyl adjacent to an activating group) is 2. The summed E-state index contributed by atoms with van der Waals surface area (Å²) in [5, 5.41) is 28.1. The van der Waals surface area contributed by atoms with Gasteiger partial charge < -0.3 is 40.7 Å². The lowest BCUT2D eigenvalue weighted by Gasteiger charge is -2.27. The number of aliphatic hydroxyl groups excluding tert-OH is 2. The first-order chi connectivity index (χ1) is 28.3. The quantitative estimate of drug-likeness (QED) is 0.121. The van der Waals surface area contributed by atoms with Gasteiger partial charge in [0.25, 0.3) is 5.91 Å². The third-order valence-corrected chi connectivity index (χ3v) is 9.39. The van der Waals surface area contributed by atoms with Gasteiger partial charge in [-0.1, -0.05) is 95.3 Å². The van der Waals surface area contributed by atoms with Crippen molar-refractivity contribution in [3.05, 3.63) is 71.8 Å². The van der Waals surface area contributed by atoms with Crippen LogP contribution in [0.1, 0.15) is 104 Å². The lowest BCUT2D eigenvalue weighted by atomic mass is 9.92. The zero-order chi connectivity index (χ0) is 46.6. The summed E-state index contributed by atoms with van der Waals surface area (Å²) in [6.07, 6.45) is -2.51. The fraction of sp³-hybridized carbons (Fsp3) is 0.587. The Morgan fingerprint density at radius 1 is 0.607 bits per heavy atom. The van der Waals surface area contributed by atoms with Crippen LogP contribution in [0.25, 0.3) is 0 Å². The molecule has 0 aromatic heterocycles. The van der Waals surface area contributed by atoms with Crippen LogP contribution in [-0.4, -0.2) is 126 Å². The van der Waals surface area contributed by atoms with E-state index >= 15 is 0 Å². The number of aliphatic hydroxyl groups is 2. The van der Waals surface area contributed by atoms with E-state index in [-0.39, 0.29) is 61.1 Å². The number of ketones is 2. The fourth-order valence-electron chi connectivity index (χ4n) is 6.42. The maximum atomic E-state index is 12.6. The van der Waals surface area contributed by atoms with Gasteiger partial charge in [-0.3, -0.25) is 28.8 Å². The standard InChI is InChI=1S/C25H39N3O6.C21H32N2O4/c1-16(2)13-20(27-24(33)34-25(3,4)5)21(30)22(31)26-15-18(29)14-19(23(32)28(6)7)17-11-9-8-10-12-17;1-14(2)11-15(3)19(25)20(26)22-13-17(24)12-18(21(27)23(4)5)16-9-7-6-8-10-16/h8-12,16,19-21,30H,13-15H2,1-7H3,(H,26,31)(H,27,33);6-10,14-15,18-19,25H,11-13H2,1-5H3,(H,22,26)/t19-,20?,21?;15?,18-,19?/m00/s1. The second-order valence-corrected chi connectivity index (χ2v) is 17.7. The van der Waals surface area contributed by atoms with Crippen molar-refractivity contribution in [1.29, 1.82) is 0 Å². The number of ether oxygens (including phenoxy) is 1. The Morgan fingerprint density at radius 3 is 1.33 bits per heavy atom. The van der Waals surface area contributed by atoms with Gasteiger partial charge in [-0.15, -0.1) is 0 Å². The van der Waals surface area contributed by atoms with E-state index in [1.807, 2.05) is 71.0 Å². The van der Waals surface area contributed by atoms with Crippen molar-refractivity contribution in [1.82, 2.24) is 25.8 Å². The van der Waals surface area contributed by atoms with Gasteiger partial charge in [-0.05, 0) is 62.5 Å². The molecule has 0 saturated heterocycles. The molecule has 0 radical (unpaired) electrons. The van der Waals surface area contributed by atoms with Crippen molar-refractivity contribution in [2.45, 2.75) is 117 Å². The lowest BCUT2D eigenvalue weighted by molar-refractivity contribution is -0.135. The Morgan fingerprint density at radius 2 is 0.984 bits per heavy atom. The van der Waals surface area contributed by atoms with Crippen LogP contribution in [0.3, 0.4) is 0 Å². The van der Waals surface area contributed by atoms with Gasteiger partial charge in [-0.25, -0.2) is 4.79 Å². The first-order valence-electron chi connectivity index (χ1n) is 20.8. The molecule has 6 atom stereocenters. The molecule has 0 aliphatic carbocycles. The van der Waals surface area contributed by atoms with Crippen molar-refractivity contribution in [3.8, 4) is 0 Å². The third-order valence-electron chi connectivity index (χ3n) is 9.39. The number of benzene rings is 2. The molecule has 61 heavy (non-hydrogen) atoms. The highest BCUT2D eigenvalue weighted by Crippen LogP contribution is 2.23. The van der Waals surface area contributed by atoms with Gasteiger partial charge in [-0.2, -0.15) is 0 Å². The van der Waals surface area contributed by atoms with Crippen LogP contribution in [0.15, 0.2) is 60.7 Å². The monoisotopic (exact) mass is 854 g/mol. The minimum atomic E-state index is -1.57. The molecule has 2 aromatic carbocycles. The maximum Gasteiger partial charge on any atom is 0.407 e. The first kappa shape index (κ1) is 53.9. The highest BCUT2D eigenvalue weighted by molar-refractivity contribution is 5.94. The Balaban J connectivity index is 0.000000626. The van der Waals surface area contributed by atoms with Crippen molar-refractivity contribution in [2.75, 3.05) is 41.3 Å². The molecule has 4 unspecified atom stereocenters. The molecule has 5 amide bonds. The average molecular weight is 854 g/mol. The molecule has 0 bridgehead atoms. The summed E-state index contributed by atoms with van der Waals surface area (Å²) in [6.45, 7) is 14.2. The Labute approximate surface area is 362 Å². The van der Waals surface area contributed by atoms with Gasteiger partial charge in [0.15, 0.2) is 17.7 Å². The Bertz CT molecular complexity index is 1710. The summed E-state index contributed by atoms with van der Waals surface area (Å²) >= 11 is 0. The SMILES string of the molecule is CC(C)CC(C)C(O)C(=O)NCC(=O)C[C@H](C(=O)N(C)C)c1ccccc1.CC(C)CC(NC(=O)OC(C)(C)C)C(O)C(=O)NCC(=O)C[C@H](C(=O)N(C)C)c1ccccc1. The largest absolute Gasteiger partial charge is 0.444 e. The molecular formula is C46H71N5O10. The minimum Gasteiger partial charge on any atom is -0.444 e. The summed E-state index contributed by atoms with van der Waals surface area (Å²) in [6, 6.07) is 17.2. The molecule has 2 rings (SSSR count). The number of nitrogens with zero attached hydrogens (tertiary/aromatic N) is 2. The molecule has 15 heteroatoms. The van der Waals surface area contributed by atoms with E-state index in [2.05, 4.69) is 16.0 Å². The Kier molecular flexibility index (Phi) is 23.2. The maximum absolute atomic E-state index is 12.6. The molecule has 0 spiro atoms. The number of rotatable bonds is 21. The number of carbonyl (C=O) groups is 7. The second kappa shape index (κ2) is 26.2. The topological polar surface area (TPSA) is 212 Å². The van der Waals surface area contributed by atoms with Gasteiger partial charge in [0.05, 0.1) is 31.0 Å². The van der Waals surface area contributed by atoms with E-state index in [1.54, 1.807) is 73.2 Å². The van der Waals surface area contributed by atoms with Gasteiger partial charge in [0, 0.05) is 41.0 Å². The van der Waals surface area contributed by atoms with E-state index < -0.39 is 53.6 Å².